The molecule has 0 spiro atoms. The van der Waals surface area contributed by atoms with Crippen molar-refractivity contribution < 1.29 is 28.9 Å². The van der Waals surface area contributed by atoms with Gasteiger partial charge >= 0.3 is 0 Å². The molecule has 2 aliphatic heterocycles. The van der Waals surface area contributed by atoms with Crippen molar-refractivity contribution in [1.29, 1.82) is 0 Å². The lowest BCUT2D eigenvalue weighted by atomic mass is 9.94. The lowest BCUT2D eigenvalue weighted by molar-refractivity contribution is -0.270. The topological polar surface area (TPSA) is 82.1 Å². The molecule has 2 fully saturated rings. The average Bonchev–Trinajstić information content (AvgIpc) is 2.44. The van der Waals surface area contributed by atoms with E-state index in [4.69, 9.17) is 14.2 Å². The highest BCUT2D eigenvalue weighted by atomic mass is 16.9. The molecule has 0 radical (unpaired) electrons. The summed E-state index contributed by atoms with van der Waals surface area (Å²) in [4.78, 5) is 22.4. The number of rotatable bonds is 2. The number of ether oxygens (including phenoxy) is 3. The Labute approximate surface area is 98.8 Å². The number of ketones is 1. The van der Waals surface area contributed by atoms with Gasteiger partial charge in [0.2, 0.25) is 17.4 Å². The first-order valence-electron chi connectivity index (χ1n) is 5.38. The number of fused-ring (bicyclic) bond motifs is 1. The molecule has 0 aromatic carbocycles. The maximum atomic E-state index is 11.5. The van der Waals surface area contributed by atoms with Gasteiger partial charge in [-0.1, -0.05) is 0 Å². The molecule has 2 saturated heterocycles. The maximum Gasteiger partial charge on any atom is 0.228 e. The van der Waals surface area contributed by atoms with Crippen molar-refractivity contribution in [2.75, 3.05) is 0 Å². The first kappa shape index (κ1) is 12.6. The van der Waals surface area contributed by atoms with Crippen LogP contribution in [0.1, 0.15) is 34.1 Å². The number of carbonyl (C=O) groups excluding carboxylic acids is 2. The molecule has 0 aromatic rings. The molecule has 17 heavy (non-hydrogen) atoms. The third kappa shape index (κ3) is 1.55. The van der Waals surface area contributed by atoms with Crippen molar-refractivity contribution in [2.24, 2.45) is 0 Å². The minimum Gasteiger partial charge on any atom is -0.361 e. The van der Waals surface area contributed by atoms with E-state index in [1.807, 2.05) is 0 Å². The van der Waals surface area contributed by atoms with Crippen molar-refractivity contribution >= 4 is 12.1 Å². The molecule has 0 bridgehead atoms. The van der Waals surface area contributed by atoms with Gasteiger partial charge in [-0.05, 0) is 27.7 Å². The zero-order chi connectivity index (χ0) is 13.1. The summed E-state index contributed by atoms with van der Waals surface area (Å²) in [6.45, 7) is 5.76. The summed E-state index contributed by atoms with van der Waals surface area (Å²) in [5, 5.41) is 10.4. The van der Waals surface area contributed by atoms with Crippen molar-refractivity contribution in [2.45, 2.75) is 57.1 Å². The number of aldehydes is 1. The van der Waals surface area contributed by atoms with Crippen molar-refractivity contribution in [3.8, 4) is 0 Å². The smallest absolute Gasteiger partial charge is 0.228 e. The number of carbonyl (C=O) groups is 2. The summed E-state index contributed by atoms with van der Waals surface area (Å²) in [5.74, 6) is -5.12. The van der Waals surface area contributed by atoms with Crippen LogP contribution in [0.25, 0.3) is 0 Å². The Bertz CT molecular complexity index is 371. The number of Topliss-reactive ketones (excluding diaryl/α,β-unsaturated/α-hetero) is 1. The Kier molecular flexibility index (Phi) is 2.33. The van der Waals surface area contributed by atoms with Crippen LogP contribution in [0.5, 0.6) is 0 Å². The summed E-state index contributed by atoms with van der Waals surface area (Å²) < 4.78 is 16.1. The molecule has 96 valence electrons. The minimum absolute atomic E-state index is 0.0741. The van der Waals surface area contributed by atoms with Gasteiger partial charge in [0.05, 0.1) is 0 Å². The van der Waals surface area contributed by atoms with E-state index < -0.39 is 23.0 Å². The Morgan fingerprint density at radius 3 is 2.24 bits per heavy atom. The maximum absolute atomic E-state index is 11.5. The fraction of sp³-hybridized carbons (Fsp3) is 0.818. The van der Waals surface area contributed by atoms with Gasteiger partial charge in [-0.2, -0.15) is 0 Å². The number of aliphatic hydroxyl groups is 1. The molecule has 6 heteroatoms. The largest absolute Gasteiger partial charge is 0.361 e. The molecule has 2 heterocycles. The van der Waals surface area contributed by atoms with E-state index in [-0.39, 0.29) is 12.2 Å². The number of hydrogen-bond acceptors (Lipinski definition) is 6. The molecular weight excluding hydrogens is 228 g/mol. The van der Waals surface area contributed by atoms with E-state index >= 15 is 0 Å². The average molecular weight is 244 g/mol. The third-order valence-corrected chi connectivity index (χ3v) is 3.43. The first-order chi connectivity index (χ1) is 7.58. The van der Waals surface area contributed by atoms with Crippen LogP contribution in [0.4, 0.5) is 0 Å². The fourth-order valence-electron chi connectivity index (χ4n) is 2.38. The second-order valence-corrected chi connectivity index (χ2v) is 5.13. The lowest BCUT2D eigenvalue weighted by Crippen LogP contribution is -2.45. The summed E-state index contributed by atoms with van der Waals surface area (Å²) in [5.41, 5.74) is -1.17. The zero-order valence-corrected chi connectivity index (χ0v) is 10.3. The first-order valence-corrected chi connectivity index (χ1v) is 5.38. The van der Waals surface area contributed by atoms with Crippen LogP contribution < -0.4 is 0 Å². The van der Waals surface area contributed by atoms with Crippen molar-refractivity contribution in [1.82, 2.24) is 0 Å². The van der Waals surface area contributed by atoms with Crippen LogP contribution in [0, 0.1) is 0 Å². The molecule has 0 aromatic heterocycles. The van der Waals surface area contributed by atoms with E-state index in [2.05, 4.69) is 0 Å². The summed E-state index contributed by atoms with van der Waals surface area (Å²) in [6.07, 6.45) is 0.373. The minimum atomic E-state index is -1.80. The zero-order valence-electron chi connectivity index (χ0n) is 10.3. The molecule has 2 rings (SSSR count). The predicted octanol–water partition coefficient (Wildman–Crippen LogP) is 0.121. The van der Waals surface area contributed by atoms with Gasteiger partial charge < -0.3 is 19.3 Å². The summed E-state index contributed by atoms with van der Waals surface area (Å²) in [6, 6.07) is 0. The highest BCUT2D eigenvalue weighted by molar-refractivity contribution is 5.85. The van der Waals surface area contributed by atoms with E-state index in [9.17, 15) is 14.7 Å². The van der Waals surface area contributed by atoms with Gasteiger partial charge in [-0.3, -0.25) is 9.59 Å². The normalized spacial score (nSPS) is 53.5. The van der Waals surface area contributed by atoms with Crippen molar-refractivity contribution in [3.05, 3.63) is 0 Å². The standard InChI is InChI=1S/C11H16O6/c1-7(13)8(2)5-11(14)10(4,15-8)16-9(3,6-12)17-11/h6,14H,5H2,1-4H3/t8-,9-,10-,11-/m1/s1. The second-order valence-electron chi connectivity index (χ2n) is 5.13. The second kappa shape index (κ2) is 3.14. The molecule has 2 aliphatic rings. The highest BCUT2D eigenvalue weighted by Gasteiger charge is 2.72. The predicted molar refractivity (Wildman–Crippen MR) is 54.8 cm³/mol. The quantitative estimate of drug-likeness (QED) is 0.695. The van der Waals surface area contributed by atoms with E-state index in [1.54, 1.807) is 6.92 Å². The molecule has 0 aliphatic carbocycles. The van der Waals surface area contributed by atoms with Gasteiger partial charge in [-0.25, -0.2) is 0 Å². The van der Waals surface area contributed by atoms with E-state index in [0.29, 0.717) is 6.29 Å². The van der Waals surface area contributed by atoms with Crippen LogP contribution in [-0.2, 0) is 23.8 Å². The molecule has 4 atom stereocenters. The Morgan fingerprint density at radius 1 is 1.24 bits per heavy atom. The van der Waals surface area contributed by atoms with E-state index in [1.165, 1.54) is 20.8 Å². The highest BCUT2D eigenvalue weighted by Crippen LogP contribution is 2.54. The molecular formula is C11H16O6. The SMILES string of the molecule is CC(=O)[C@@]1(C)C[C@@]2(O)O[C@](C)(C=O)O[C@@]2(C)O1. The number of hydrogen-bond donors (Lipinski definition) is 1. The Morgan fingerprint density at radius 2 is 1.82 bits per heavy atom. The van der Waals surface area contributed by atoms with Gasteiger partial charge in [0.15, 0.2) is 12.1 Å². The molecule has 0 unspecified atom stereocenters. The Balaban J connectivity index is 2.36. The monoisotopic (exact) mass is 244 g/mol. The van der Waals surface area contributed by atoms with Crippen LogP contribution >= 0.6 is 0 Å². The van der Waals surface area contributed by atoms with E-state index in [0.717, 1.165) is 0 Å². The lowest BCUT2D eigenvalue weighted by Gasteiger charge is -2.28. The third-order valence-electron chi connectivity index (χ3n) is 3.43. The Hall–Kier alpha value is -0.820. The fourth-order valence-corrected chi connectivity index (χ4v) is 2.38. The van der Waals surface area contributed by atoms with Gasteiger partial charge in [0.25, 0.3) is 0 Å². The summed E-state index contributed by atoms with van der Waals surface area (Å²) in [7, 11) is 0. The van der Waals surface area contributed by atoms with Crippen LogP contribution in [0.3, 0.4) is 0 Å². The van der Waals surface area contributed by atoms with Crippen LogP contribution in [0.2, 0.25) is 0 Å². The molecule has 0 amide bonds. The van der Waals surface area contributed by atoms with Crippen LogP contribution in [0.15, 0.2) is 0 Å². The van der Waals surface area contributed by atoms with Gasteiger partial charge in [-0.15, -0.1) is 0 Å². The molecule has 6 nitrogen and oxygen atoms in total. The van der Waals surface area contributed by atoms with Crippen molar-refractivity contribution in [3.63, 3.8) is 0 Å². The van der Waals surface area contributed by atoms with Gasteiger partial charge in [0.1, 0.15) is 5.60 Å². The summed E-state index contributed by atoms with van der Waals surface area (Å²) >= 11 is 0. The van der Waals surface area contributed by atoms with Crippen LogP contribution in [-0.4, -0.2) is 40.1 Å². The van der Waals surface area contributed by atoms with Gasteiger partial charge in [0, 0.05) is 6.42 Å². The molecule has 0 saturated carbocycles. The molecule has 1 N–H and O–H groups in total.